The molecule has 0 spiro atoms. The lowest BCUT2D eigenvalue weighted by molar-refractivity contribution is -0.110. The number of rotatable bonds is 10. The fraction of sp³-hybridized carbons (Fsp3) is 0.320. The Hall–Kier alpha value is -2.81. The molecule has 2 aromatic rings. The summed E-state index contributed by atoms with van der Waals surface area (Å²) >= 11 is 0. The Labute approximate surface area is 170 Å². The van der Waals surface area contributed by atoms with Crippen LogP contribution in [-0.4, -0.2) is 32.0 Å². The molecule has 0 radical (unpaired) electrons. The predicted octanol–water partition coefficient (Wildman–Crippen LogP) is 5.67. The van der Waals surface area contributed by atoms with Crippen molar-refractivity contribution in [3.05, 3.63) is 71.8 Å². The fourth-order valence-electron chi connectivity index (χ4n) is 3.18. The molecule has 0 aliphatic rings. The van der Waals surface area contributed by atoms with Crippen molar-refractivity contribution in [3.63, 3.8) is 0 Å². The number of hydrogen-bond acceptors (Lipinski definition) is 3. The van der Waals surface area contributed by atoms with Crippen molar-refractivity contribution in [2.45, 2.75) is 27.7 Å². The first kappa shape index (κ1) is 21.5. The van der Waals surface area contributed by atoms with Gasteiger partial charge in [-0.1, -0.05) is 36.4 Å². The van der Waals surface area contributed by atoms with Gasteiger partial charge in [-0.25, -0.2) is 0 Å². The van der Waals surface area contributed by atoms with E-state index in [1.807, 2.05) is 36.4 Å². The molecule has 0 aliphatic carbocycles. The molecule has 0 aliphatic heterocycles. The average Bonchev–Trinajstić information content (AvgIpc) is 2.74. The van der Waals surface area contributed by atoms with Gasteiger partial charge in [-0.3, -0.25) is 4.79 Å². The minimum Gasteiger partial charge on any atom is -0.372 e. The Kier molecular flexibility index (Phi) is 8.54. The zero-order valence-corrected chi connectivity index (χ0v) is 17.6. The normalized spacial score (nSPS) is 11.3. The minimum atomic E-state index is -0.0133. The van der Waals surface area contributed by atoms with Crippen molar-refractivity contribution in [2.24, 2.45) is 0 Å². The van der Waals surface area contributed by atoms with Crippen LogP contribution in [0.3, 0.4) is 0 Å². The number of nitrogens with zero attached hydrogens (tertiary/aromatic N) is 2. The SMILES string of the molecule is CCN(CC)c1ccc(/C=C/C(=O)/C=C/c2ccc(N(CC)CC)cc2)cc1. The molecular formula is C25H32N2O. The first-order valence-corrected chi connectivity index (χ1v) is 10.2. The number of anilines is 2. The Morgan fingerprint density at radius 1 is 0.643 bits per heavy atom. The molecule has 3 heteroatoms. The van der Waals surface area contributed by atoms with E-state index in [1.54, 1.807) is 12.2 Å². The Balaban J connectivity index is 1.95. The second-order valence-electron chi connectivity index (χ2n) is 6.60. The number of carbonyl (C=O) groups is 1. The molecule has 28 heavy (non-hydrogen) atoms. The number of allylic oxidation sites excluding steroid dienone is 2. The molecule has 0 amide bonds. The van der Waals surface area contributed by atoms with Gasteiger partial charge in [0.05, 0.1) is 0 Å². The van der Waals surface area contributed by atoms with Gasteiger partial charge in [0.25, 0.3) is 0 Å². The van der Waals surface area contributed by atoms with E-state index in [0.29, 0.717) is 0 Å². The summed E-state index contributed by atoms with van der Waals surface area (Å²) in [6, 6.07) is 16.6. The molecule has 0 N–H and O–H groups in total. The van der Waals surface area contributed by atoms with Gasteiger partial charge in [-0.2, -0.15) is 0 Å². The second kappa shape index (κ2) is 11.1. The first-order valence-electron chi connectivity index (χ1n) is 10.2. The van der Waals surface area contributed by atoms with Gasteiger partial charge in [0.1, 0.15) is 0 Å². The predicted molar refractivity (Wildman–Crippen MR) is 123 cm³/mol. The van der Waals surface area contributed by atoms with Crippen molar-refractivity contribution < 1.29 is 4.79 Å². The third-order valence-electron chi connectivity index (χ3n) is 4.92. The van der Waals surface area contributed by atoms with E-state index >= 15 is 0 Å². The number of benzene rings is 2. The molecule has 0 aromatic heterocycles. The van der Waals surface area contributed by atoms with Crippen molar-refractivity contribution in [3.8, 4) is 0 Å². The van der Waals surface area contributed by atoms with Crippen LogP contribution in [0.5, 0.6) is 0 Å². The minimum absolute atomic E-state index is 0.0133. The second-order valence-corrected chi connectivity index (χ2v) is 6.60. The molecule has 2 aromatic carbocycles. The topological polar surface area (TPSA) is 23.6 Å². The van der Waals surface area contributed by atoms with Gasteiger partial charge in [0.2, 0.25) is 0 Å². The highest BCUT2D eigenvalue weighted by Crippen LogP contribution is 2.17. The smallest absolute Gasteiger partial charge is 0.178 e. The van der Waals surface area contributed by atoms with Crippen molar-refractivity contribution in [1.82, 2.24) is 0 Å². The van der Waals surface area contributed by atoms with Crippen LogP contribution in [0.15, 0.2) is 60.7 Å². The van der Waals surface area contributed by atoms with Crippen LogP contribution in [0.1, 0.15) is 38.8 Å². The maximum absolute atomic E-state index is 12.1. The van der Waals surface area contributed by atoms with Crippen LogP contribution in [0.2, 0.25) is 0 Å². The molecule has 0 unspecified atom stereocenters. The highest BCUT2D eigenvalue weighted by atomic mass is 16.1. The highest BCUT2D eigenvalue weighted by Gasteiger charge is 2.01. The van der Waals surface area contributed by atoms with E-state index in [2.05, 4.69) is 61.8 Å². The summed E-state index contributed by atoms with van der Waals surface area (Å²) < 4.78 is 0. The standard InChI is InChI=1S/C25H32N2O/c1-5-26(6-2)23-15-9-21(10-16-23)13-19-25(28)20-14-22-11-17-24(18-12-22)27(7-3)8-4/h9-20H,5-8H2,1-4H3/b19-13+,20-14+. The zero-order valence-electron chi connectivity index (χ0n) is 17.6. The van der Waals surface area contributed by atoms with Crippen molar-refractivity contribution in [1.29, 1.82) is 0 Å². The van der Waals surface area contributed by atoms with Gasteiger partial charge < -0.3 is 9.80 Å². The van der Waals surface area contributed by atoms with Crippen LogP contribution < -0.4 is 9.80 Å². The summed E-state index contributed by atoms with van der Waals surface area (Å²) in [5.74, 6) is -0.0133. The molecular weight excluding hydrogens is 344 g/mol. The third-order valence-corrected chi connectivity index (χ3v) is 4.92. The van der Waals surface area contributed by atoms with E-state index < -0.39 is 0 Å². The molecule has 0 saturated heterocycles. The van der Waals surface area contributed by atoms with Gasteiger partial charge >= 0.3 is 0 Å². The first-order chi connectivity index (χ1) is 13.6. The maximum Gasteiger partial charge on any atom is 0.178 e. The van der Waals surface area contributed by atoms with Gasteiger partial charge in [-0.05, 0) is 75.2 Å². The molecule has 0 saturated carbocycles. The van der Waals surface area contributed by atoms with Gasteiger partial charge in [-0.15, -0.1) is 0 Å². The maximum atomic E-state index is 12.1. The summed E-state index contributed by atoms with van der Waals surface area (Å²) in [5.41, 5.74) is 4.48. The Morgan fingerprint density at radius 3 is 1.25 bits per heavy atom. The third kappa shape index (κ3) is 6.12. The molecule has 148 valence electrons. The Bertz CT molecular complexity index is 713. The summed E-state index contributed by atoms with van der Waals surface area (Å²) in [4.78, 5) is 16.7. The highest BCUT2D eigenvalue weighted by molar-refractivity contribution is 6.04. The summed E-state index contributed by atoms with van der Waals surface area (Å²) in [5, 5.41) is 0. The Morgan fingerprint density at radius 2 is 0.964 bits per heavy atom. The fourth-order valence-corrected chi connectivity index (χ4v) is 3.18. The molecule has 3 nitrogen and oxygen atoms in total. The molecule has 0 heterocycles. The number of ketones is 1. The van der Waals surface area contributed by atoms with Crippen LogP contribution >= 0.6 is 0 Å². The summed E-state index contributed by atoms with van der Waals surface area (Å²) in [6.07, 6.45) is 6.96. The molecule has 0 atom stereocenters. The number of hydrogen-bond donors (Lipinski definition) is 0. The average molecular weight is 377 g/mol. The molecule has 2 rings (SSSR count). The largest absolute Gasteiger partial charge is 0.372 e. The van der Waals surface area contributed by atoms with Gasteiger partial charge in [0.15, 0.2) is 5.78 Å². The molecule has 0 bridgehead atoms. The van der Waals surface area contributed by atoms with E-state index in [-0.39, 0.29) is 5.78 Å². The lowest BCUT2D eigenvalue weighted by Crippen LogP contribution is -2.21. The van der Waals surface area contributed by atoms with Gasteiger partial charge in [0, 0.05) is 37.6 Å². The van der Waals surface area contributed by atoms with Crippen molar-refractivity contribution >= 4 is 29.3 Å². The summed E-state index contributed by atoms with van der Waals surface area (Å²) in [7, 11) is 0. The van der Waals surface area contributed by atoms with Crippen LogP contribution in [-0.2, 0) is 4.79 Å². The lowest BCUT2D eigenvalue weighted by atomic mass is 10.1. The number of carbonyl (C=O) groups excluding carboxylic acids is 1. The van der Waals surface area contributed by atoms with Crippen LogP contribution in [0.4, 0.5) is 11.4 Å². The van der Waals surface area contributed by atoms with E-state index in [0.717, 1.165) is 37.3 Å². The monoisotopic (exact) mass is 376 g/mol. The van der Waals surface area contributed by atoms with E-state index in [1.165, 1.54) is 11.4 Å². The van der Waals surface area contributed by atoms with Crippen molar-refractivity contribution in [2.75, 3.05) is 36.0 Å². The zero-order chi connectivity index (χ0) is 20.4. The lowest BCUT2D eigenvalue weighted by Gasteiger charge is -2.20. The van der Waals surface area contributed by atoms with E-state index in [9.17, 15) is 4.79 Å². The molecule has 0 fully saturated rings. The van der Waals surface area contributed by atoms with E-state index in [4.69, 9.17) is 0 Å². The summed E-state index contributed by atoms with van der Waals surface area (Å²) in [6.45, 7) is 12.6. The quantitative estimate of drug-likeness (QED) is 0.499. The van der Waals surface area contributed by atoms with Crippen LogP contribution in [0.25, 0.3) is 12.2 Å². The van der Waals surface area contributed by atoms with Crippen LogP contribution in [0, 0.1) is 0 Å².